The lowest BCUT2D eigenvalue weighted by Crippen LogP contribution is -2.16. The second-order valence-electron chi connectivity index (χ2n) is 3.59. The molecule has 0 saturated heterocycles. The van der Waals surface area contributed by atoms with Crippen molar-refractivity contribution in [1.29, 1.82) is 0 Å². The third-order valence-corrected chi connectivity index (χ3v) is 2.65. The van der Waals surface area contributed by atoms with E-state index in [1.807, 2.05) is 0 Å². The molecule has 0 amide bonds. The number of ether oxygens (including phenoxy) is 1. The summed E-state index contributed by atoms with van der Waals surface area (Å²) in [4.78, 5) is 22.0. The second-order valence-corrected chi connectivity index (χ2v) is 5.00. The highest BCUT2D eigenvalue weighted by Gasteiger charge is 2.08. The number of hydrogen-bond acceptors (Lipinski definition) is 4. The summed E-state index contributed by atoms with van der Waals surface area (Å²) in [5.41, 5.74) is 0.385. The number of carbonyl (C=O) groups excluding carboxylic acids is 2. The summed E-state index contributed by atoms with van der Waals surface area (Å²) in [7, 11) is -0.903. The lowest BCUT2D eigenvalue weighted by atomic mass is 10.2. The lowest BCUT2D eigenvalue weighted by molar-refractivity contribution is -0.138. The van der Waals surface area contributed by atoms with Crippen molar-refractivity contribution in [3.8, 4) is 0 Å². The Bertz CT molecular complexity index is 248. The molecule has 0 aromatic rings. The molecule has 0 radical (unpaired) electrons. The highest BCUT2D eigenvalue weighted by molar-refractivity contribution is 6.30. The third kappa shape index (κ3) is 6.90. The summed E-state index contributed by atoms with van der Waals surface area (Å²) in [5, 5.41) is 0. The van der Waals surface area contributed by atoms with Crippen LogP contribution < -0.4 is 0 Å². The summed E-state index contributed by atoms with van der Waals surface area (Å²) >= 11 is 0. The summed E-state index contributed by atoms with van der Waals surface area (Å²) in [6, 6.07) is 0.650. The van der Waals surface area contributed by atoms with Crippen LogP contribution in [0, 0.1) is 5.92 Å². The van der Waals surface area contributed by atoms with Crippen molar-refractivity contribution in [2.75, 3.05) is 6.61 Å². The first-order chi connectivity index (χ1) is 6.95. The van der Waals surface area contributed by atoms with Gasteiger partial charge in [0.25, 0.3) is 5.97 Å². The molecule has 0 aliphatic rings. The van der Waals surface area contributed by atoms with E-state index in [2.05, 4.69) is 6.58 Å². The van der Waals surface area contributed by atoms with E-state index in [1.54, 1.807) is 20.8 Å². The van der Waals surface area contributed by atoms with Crippen LogP contribution in [0.3, 0.4) is 0 Å². The van der Waals surface area contributed by atoms with E-state index in [1.165, 1.54) is 0 Å². The molecule has 0 spiro atoms. The van der Waals surface area contributed by atoms with Gasteiger partial charge in [-0.05, 0) is 6.92 Å². The molecule has 0 aromatic heterocycles. The van der Waals surface area contributed by atoms with E-state index < -0.39 is 9.76 Å². The average molecular weight is 230 g/mol. The number of esters is 1. The van der Waals surface area contributed by atoms with Gasteiger partial charge in [0.2, 0.25) is 9.76 Å². The molecule has 0 N–H and O–H groups in total. The van der Waals surface area contributed by atoms with Crippen molar-refractivity contribution < 1.29 is 18.8 Å². The molecule has 0 unspecified atom stereocenters. The zero-order chi connectivity index (χ0) is 11.8. The molecular formula is C10H18O4Si. The van der Waals surface area contributed by atoms with Gasteiger partial charge in [0.1, 0.15) is 0 Å². The van der Waals surface area contributed by atoms with Gasteiger partial charge >= 0.3 is 5.97 Å². The molecule has 0 aliphatic carbocycles. The molecule has 0 bridgehead atoms. The van der Waals surface area contributed by atoms with Crippen molar-refractivity contribution >= 4 is 21.7 Å². The highest BCUT2D eigenvalue weighted by Crippen LogP contribution is 1.97. The minimum absolute atomic E-state index is 0.0875. The van der Waals surface area contributed by atoms with Crippen LogP contribution in [-0.2, 0) is 18.8 Å². The Hall–Kier alpha value is -1.10. The molecule has 0 rings (SSSR count). The van der Waals surface area contributed by atoms with E-state index in [0.717, 1.165) is 0 Å². The predicted octanol–water partition coefficient (Wildman–Crippen LogP) is 0.807. The highest BCUT2D eigenvalue weighted by atomic mass is 28.2. The first-order valence-electron chi connectivity index (χ1n) is 4.94. The van der Waals surface area contributed by atoms with Gasteiger partial charge in [-0.3, -0.25) is 4.79 Å². The standard InChI is InChI=1S/C10H18O4Si/c1-7(2)9(11)13-5-6-15-14-10(12)8(3)4/h8H,1,5-6,15H2,2-4H3. The predicted molar refractivity (Wildman–Crippen MR) is 60.1 cm³/mol. The fourth-order valence-corrected chi connectivity index (χ4v) is 1.63. The van der Waals surface area contributed by atoms with E-state index in [4.69, 9.17) is 9.16 Å². The smallest absolute Gasteiger partial charge is 0.333 e. The van der Waals surface area contributed by atoms with Crippen LogP contribution in [0.1, 0.15) is 20.8 Å². The monoisotopic (exact) mass is 230 g/mol. The van der Waals surface area contributed by atoms with Gasteiger partial charge in [0, 0.05) is 17.5 Å². The summed E-state index contributed by atoms with van der Waals surface area (Å²) in [6.07, 6.45) is 0. The zero-order valence-corrected chi connectivity index (χ0v) is 11.0. The maximum atomic E-state index is 11.0. The Kier molecular flexibility index (Phi) is 6.69. The molecule has 0 heterocycles. The Morgan fingerprint density at radius 2 is 2.00 bits per heavy atom. The zero-order valence-electron chi connectivity index (χ0n) is 9.54. The van der Waals surface area contributed by atoms with Crippen molar-refractivity contribution in [3.63, 3.8) is 0 Å². The van der Waals surface area contributed by atoms with Gasteiger partial charge in [-0.15, -0.1) is 0 Å². The van der Waals surface area contributed by atoms with Gasteiger partial charge in [-0.25, -0.2) is 4.79 Å². The second kappa shape index (κ2) is 7.22. The molecular weight excluding hydrogens is 212 g/mol. The fraction of sp³-hybridized carbons (Fsp3) is 0.600. The maximum absolute atomic E-state index is 11.0. The van der Waals surface area contributed by atoms with Gasteiger partial charge in [-0.1, -0.05) is 20.4 Å². The van der Waals surface area contributed by atoms with Crippen molar-refractivity contribution in [1.82, 2.24) is 0 Å². The molecule has 0 saturated carbocycles. The fourth-order valence-electron chi connectivity index (χ4n) is 0.686. The number of carbonyl (C=O) groups is 2. The SMILES string of the molecule is C=C(C)C(=O)OCC[SiH2]OC(=O)C(C)C. The van der Waals surface area contributed by atoms with Crippen LogP contribution in [-0.4, -0.2) is 28.3 Å². The van der Waals surface area contributed by atoms with Crippen LogP contribution in [0.15, 0.2) is 12.2 Å². The lowest BCUT2D eigenvalue weighted by Gasteiger charge is -2.07. The van der Waals surface area contributed by atoms with Gasteiger partial charge in [0.05, 0.1) is 6.61 Å². The molecule has 15 heavy (non-hydrogen) atoms. The molecule has 0 aromatic carbocycles. The number of rotatable bonds is 6. The number of hydrogen-bond donors (Lipinski definition) is 0. The van der Waals surface area contributed by atoms with Gasteiger partial charge < -0.3 is 9.16 Å². The van der Waals surface area contributed by atoms with Crippen molar-refractivity contribution in [2.24, 2.45) is 5.92 Å². The van der Waals surface area contributed by atoms with Gasteiger partial charge in [0.15, 0.2) is 0 Å². The average Bonchev–Trinajstić information content (AvgIpc) is 2.16. The maximum Gasteiger partial charge on any atom is 0.333 e. The van der Waals surface area contributed by atoms with Crippen molar-refractivity contribution in [3.05, 3.63) is 12.2 Å². The summed E-state index contributed by atoms with van der Waals surface area (Å²) < 4.78 is 9.88. The minimum Gasteiger partial charge on any atom is -0.525 e. The first-order valence-corrected chi connectivity index (χ1v) is 6.52. The first kappa shape index (κ1) is 13.9. The van der Waals surface area contributed by atoms with Crippen LogP contribution in [0.25, 0.3) is 0 Å². The quantitative estimate of drug-likeness (QED) is 0.293. The van der Waals surface area contributed by atoms with E-state index in [-0.39, 0.29) is 17.9 Å². The van der Waals surface area contributed by atoms with E-state index in [9.17, 15) is 9.59 Å². The molecule has 86 valence electrons. The molecule has 0 atom stereocenters. The Morgan fingerprint density at radius 1 is 1.40 bits per heavy atom. The van der Waals surface area contributed by atoms with Crippen LogP contribution in [0.5, 0.6) is 0 Å². The van der Waals surface area contributed by atoms with E-state index in [0.29, 0.717) is 18.2 Å². The molecule has 5 heteroatoms. The van der Waals surface area contributed by atoms with Crippen LogP contribution in [0.4, 0.5) is 0 Å². The van der Waals surface area contributed by atoms with Crippen LogP contribution >= 0.6 is 0 Å². The van der Waals surface area contributed by atoms with Crippen LogP contribution in [0.2, 0.25) is 6.04 Å². The Labute approximate surface area is 92.6 Å². The third-order valence-electron chi connectivity index (χ3n) is 1.59. The topological polar surface area (TPSA) is 52.6 Å². The Balaban J connectivity index is 3.44. The molecule has 0 fully saturated rings. The molecule has 4 nitrogen and oxygen atoms in total. The van der Waals surface area contributed by atoms with Gasteiger partial charge in [-0.2, -0.15) is 0 Å². The van der Waals surface area contributed by atoms with Crippen molar-refractivity contribution in [2.45, 2.75) is 26.8 Å². The molecule has 0 aliphatic heterocycles. The largest absolute Gasteiger partial charge is 0.525 e. The summed E-state index contributed by atoms with van der Waals surface area (Å²) in [5.74, 6) is -0.650. The minimum atomic E-state index is -0.903. The normalized spacial score (nSPS) is 10.7. The summed E-state index contributed by atoms with van der Waals surface area (Å²) in [6.45, 7) is 8.94. The Morgan fingerprint density at radius 3 is 2.47 bits per heavy atom. The van der Waals surface area contributed by atoms with E-state index >= 15 is 0 Å².